The molecule has 7 nitrogen and oxygen atoms in total. The topological polar surface area (TPSA) is 96.3 Å². The van der Waals surface area contributed by atoms with Gasteiger partial charge >= 0.3 is 6.03 Å². The second-order valence-corrected chi connectivity index (χ2v) is 6.70. The number of nitrogens with zero attached hydrogens (tertiary/aromatic N) is 1. The zero-order valence-corrected chi connectivity index (χ0v) is 16.3. The van der Waals surface area contributed by atoms with Crippen LogP contribution in [-0.2, 0) is 11.3 Å². The number of benzene rings is 2. The summed E-state index contributed by atoms with van der Waals surface area (Å²) < 4.78 is 18.4. The van der Waals surface area contributed by atoms with Gasteiger partial charge in [0.2, 0.25) is 5.91 Å². The molecule has 29 heavy (non-hydrogen) atoms. The van der Waals surface area contributed by atoms with Crippen molar-refractivity contribution in [3.8, 4) is 0 Å². The molecule has 152 valence electrons. The van der Waals surface area contributed by atoms with Crippen LogP contribution in [0.5, 0.6) is 0 Å². The summed E-state index contributed by atoms with van der Waals surface area (Å²) in [6, 6.07) is 9.87. The first kappa shape index (κ1) is 20.3. The van der Waals surface area contributed by atoms with Crippen LogP contribution in [0.1, 0.15) is 31.2 Å². The second kappa shape index (κ2) is 9.18. The van der Waals surface area contributed by atoms with Crippen LogP contribution in [0.3, 0.4) is 0 Å². The number of nitrogens with one attached hydrogen (secondary N) is 3. The van der Waals surface area contributed by atoms with E-state index in [9.17, 15) is 14.0 Å². The first-order valence-electron chi connectivity index (χ1n) is 9.41. The van der Waals surface area contributed by atoms with Crippen LogP contribution < -0.4 is 16.0 Å². The number of oxazole rings is 1. The zero-order chi connectivity index (χ0) is 20.8. The predicted molar refractivity (Wildman–Crippen MR) is 108 cm³/mol. The molecule has 0 saturated heterocycles. The molecule has 3 rings (SSSR count). The number of rotatable bonds is 7. The van der Waals surface area contributed by atoms with Gasteiger partial charge in [0.15, 0.2) is 11.5 Å². The summed E-state index contributed by atoms with van der Waals surface area (Å²) in [5.74, 6) is -0.105. The number of halogens is 1. The molecule has 0 aliphatic heterocycles. The van der Waals surface area contributed by atoms with Crippen LogP contribution in [0.15, 0.2) is 46.9 Å². The van der Waals surface area contributed by atoms with Crippen molar-refractivity contribution in [2.24, 2.45) is 0 Å². The van der Waals surface area contributed by atoms with E-state index in [2.05, 4.69) is 20.9 Å². The second-order valence-electron chi connectivity index (χ2n) is 6.70. The lowest BCUT2D eigenvalue weighted by Gasteiger charge is -2.18. The Labute approximate surface area is 167 Å². The molecule has 0 radical (unpaired) electrons. The predicted octanol–water partition coefficient (Wildman–Crippen LogP) is 3.88. The number of carbonyl (C=O) groups excluding carboxylic acids is 2. The first-order chi connectivity index (χ1) is 13.9. The van der Waals surface area contributed by atoms with Gasteiger partial charge in [-0.2, -0.15) is 0 Å². The summed E-state index contributed by atoms with van der Waals surface area (Å²) in [5, 5.41) is 8.18. The molecule has 2 aromatic carbocycles. The fourth-order valence-electron chi connectivity index (χ4n) is 2.90. The van der Waals surface area contributed by atoms with E-state index in [1.54, 1.807) is 37.3 Å². The molecule has 0 aliphatic carbocycles. The molecular weight excluding hydrogens is 375 g/mol. The van der Waals surface area contributed by atoms with Crippen LogP contribution in [0, 0.1) is 12.7 Å². The summed E-state index contributed by atoms with van der Waals surface area (Å²) in [6.45, 7) is 3.92. The number of urea groups is 1. The largest absolute Gasteiger partial charge is 0.441 e. The van der Waals surface area contributed by atoms with Gasteiger partial charge in [0.1, 0.15) is 17.4 Å². The van der Waals surface area contributed by atoms with Crippen LogP contribution >= 0.6 is 0 Å². The molecule has 3 aromatic rings. The fraction of sp³-hybridized carbons (Fsp3) is 0.286. The van der Waals surface area contributed by atoms with Crippen molar-refractivity contribution in [1.29, 1.82) is 0 Å². The molecule has 0 saturated carbocycles. The van der Waals surface area contributed by atoms with Crippen molar-refractivity contribution in [1.82, 2.24) is 15.6 Å². The number of carbonyl (C=O) groups is 2. The molecule has 3 amide bonds. The minimum Gasteiger partial charge on any atom is -0.441 e. The average molecular weight is 398 g/mol. The van der Waals surface area contributed by atoms with Gasteiger partial charge in [-0.05, 0) is 42.3 Å². The average Bonchev–Trinajstić information content (AvgIpc) is 3.06. The molecule has 0 spiro atoms. The summed E-state index contributed by atoms with van der Waals surface area (Å²) in [4.78, 5) is 29.1. The van der Waals surface area contributed by atoms with E-state index in [1.165, 1.54) is 12.1 Å². The van der Waals surface area contributed by atoms with Crippen LogP contribution in [0.25, 0.3) is 11.1 Å². The van der Waals surface area contributed by atoms with Gasteiger partial charge in [-0.15, -0.1) is 0 Å². The number of aryl methyl sites for hydroxylation is 1. The van der Waals surface area contributed by atoms with E-state index in [4.69, 9.17) is 4.42 Å². The van der Waals surface area contributed by atoms with Crippen LogP contribution in [0.4, 0.5) is 14.9 Å². The van der Waals surface area contributed by atoms with E-state index in [1.807, 2.05) is 6.92 Å². The molecule has 8 heteroatoms. The molecule has 0 unspecified atom stereocenters. The Bertz CT molecular complexity index is 1000. The highest BCUT2D eigenvalue weighted by Gasteiger charge is 2.20. The minimum absolute atomic E-state index is 0.231. The number of aromatic nitrogens is 1. The Morgan fingerprint density at radius 2 is 1.93 bits per heavy atom. The number of anilines is 1. The third-order valence-electron chi connectivity index (χ3n) is 4.33. The van der Waals surface area contributed by atoms with Crippen molar-refractivity contribution in [2.75, 3.05) is 5.32 Å². The smallest absolute Gasteiger partial charge is 0.315 e. The van der Waals surface area contributed by atoms with Gasteiger partial charge in [-0.3, -0.25) is 4.79 Å². The molecule has 0 aliphatic rings. The lowest BCUT2D eigenvalue weighted by molar-refractivity contribution is -0.118. The Kier molecular flexibility index (Phi) is 6.43. The Morgan fingerprint density at radius 1 is 1.17 bits per heavy atom. The molecule has 0 bridgehead atoms. The minimum atomic E-state index is -0.692. The van der Waals surface area contributed by atoms with Crippen molar-refractivity contribution < 1.29 is 18.4 Å². The first-order valence-corrected chi connectivity index (χ1v) is 9.41. The number of hydrogen-bond acceptors (Lipinski definition) is 4. The highest BCUT2D eigenvalue weighted by atomic mass is 19.1. The van der Waals surface area contributed by atoms with Crippen molar-refractivity contribution in [2.45, 2.75) is 39.3 Å². The Balaban J connectivity index is 1.58. The van der Waals surface area contributed by atoms with Gasteiger partial charge < -0.3 is 20.4 Å². The van der Waals surface area contributed by atoms with Gasteiger partial charge in [-0.1, -0.05) is 25.5 Å². The molecule has 1 atom stereocenters. The summed E-state index contributed by atoms with van der Waals surface area (Å²) in [5.41, 5.74) is 2.63. The summed E-state index contributed by atoms with van der Waals surface area (Å²) in [6.07, 6.45) is 1.21. The van der Waals surface area contributed by atoms with Gasteiger partial charge in [-0.25, -0.2) is 14.2 Å². The van der Waals surface area contributed by atoms with Crippen molar-refractivity contribution in [3.05, 3.63) is 59.7 Å². The van der Waals surface area contributed by atoms with Gasteiger partial charge in [0.05, 0.1) is 0 Å². The van der Waals surface area contributed by atoms with Crippen molar-refractivity contribution in [3.63, 3.8) is 0 Å². The quantitative estimate of drug-likeness (QED) is 0.563. The third kappa shape index (κ3) is 5.54. The maximum Gasteiger partial charge on any atom is 0.315 e. The van der Waals surface area contributed by atoms with E-state index in [0.29, 0.717) is 29.1 Å². The number of fused-ring (bicyclic) bond motifs is 1. The maximum absolute atomic E-state index is 12.9. The standard InChI is InChI=1S/C21H23FN4O3/c1-3-4-17(26-21(28)23-12-14-5-7-15(22)8-6-14)20(27)25-16-9-10-19-18(11-16)24-13(2)29-19/h5-11,17H,3-4,12H2,1-2H3,(H,25,27)(H2,23,26,28)/t17-/m0/s1. The highest BCUT2D eigenvalue weighted by molar-refractivity contribution is 5.98. The SMILES string of the molecule is CCC[C@H](NC(=O)NCc1ccc(F)cc1)C(=O)Nc1ccc2oc(C)nc2c1. The van der Waals surface area contributed by atoms with Crippen molar-refractivity contribution >= 4 is 28.7 Å². The van der Waals surface area contributed by atoms with Crippen LogP contribution in [0.2, 0.25) is 0 Å². The van der Waals surface area contributed by atoms with Gasteiger partial charge in [0.25, 0.3) is 0 Å². The molecule has 0 fully saturated rings. The Hall–Kier alpha value is -3.42. The van der Waals surface area contributed by atoms with E-state index >= 15 is 0 Å². The molecule has 1 heterocycles. The molecular formula is C21H23FN4O3. The zero-order valence-electron chi connectivity index (χ0n) is 16.3. The van der Waals surface area contributed by atoms with Gasteiger partial charge in [0, 0.05) is 19.2 Å². The molecule has 1 aromatic heterocycles. The lowest BCUT2D eigenvalue weighted by atomic mass is 10.1. The van der Waals surface area contributed by atoms with Crippen LogP contribution in [-0.4, -0.2) is 23.0 Å². The maximum atomic E-state index is 12.9. The van der Waals surface area contributed by atoms with E-state index < -0.39 is 12.1 Å². The summed E-state index contributed by atoms with van der Waals surface area (Å²) >= 11 is 0. The monoisotopic (exact) mass is 398 g/mol. The Morgan fingerprint density at radius 3 is 2.66 bits per heavy atom. The lowest BCUT2D eigenvalue weighted by Crippen LogP contribution is -2.47. The van der Waals surface area contributed by atoms with E-state index in [-0.39, 0.29) is 18.3 Å². The highest BCUT2D eigenvalue weighted by Crippen LogP contribution is 2.20. The number of hydrogen-bond donors (Lipinski definition) is 3. The normalized spacial score (nSPS) is 11.8. The summed E-state index contributed by atoms with van der Waals surface area (Å²) in [7, 11) is 0. The van der Waals surface area contributed by atoms with E-state index in [0.717, 1.165) is 12.0 Å². The number of amides is 3. The third-order valence-corrected chi connectivity index (χ3v) is 4.33. The fourth-order valence-corrected chi connectivity index (χ4v) is 2.90. The molecule has 3 N–H and O–H groups in total.